The van der Waals surface area contributed by atoms with Crippen LogP contribution < -0.4 is 0 Å². The van der Waals surface area contributed by atoms with Gasteiger partial charge in [-0.05, 0) is 17.7 Å². The van der Waals surface area contributed by atoms with Crippen molar-refractivity contribution in [2.45, 2.75) is 37.3 Å². The third-order valence-corrected chi connectivity index (χ3v) is 5.80. The molecule has 0 spiro atoms. The molecule has 4 heteroatoms. The summed E-state index contributed by atoms with van der Waals surface area (Å²) in [5.74, 6) is -0.820. The van der Waals surface area contributed by atoms with Gasteiger partial charge in [-0.3, -0.25) is 4.79 Å². The molecule has 2 heterocycles. The second-order valence-electron chi connectivity index (χ2n) is 6.69. The van der Waals surface area contributed by atoms with Crippen LogP contribution in [0.1, 0.15) is 30.7 Å². The van der Waals surface area contributed by atoms with Gasteiger partial charge >= 0.3 is 5.97 Å². The number of benzene rings is 1. The van der Waals surface area contributed by atoms with E-state index >= 15 is 0 Å². The Balaban J connectivity index is 1.99. The number of rotatable bonds is 2. The van der Waals surface area contributed by atoms with E-state index in [9.17, 15) is 9.90 Å². The van der Waals surface area contributed by atoms with Gasteiger partial charge in [-0.25, -0.2) is 0 Å². The first-order valence-corrected chi connectivity index (χ1v) is 7.60. The van der Waals surface area contributed by atoms with Crippen LogP contribution in [0, 0.1) is 5.92 Å². The second kappa shape index (κ2) is 4.74. The summed E-state index contributed by atoms with van der Waals surface area (Å²) in [6, 6.07) is 8.53. The highest BCUT2D eigenvalue weighted by atomic mass is 35.5. The van der Waals surface area contributed by atoms with Crippen molar-refractivity contribution in [3.63, 3.8) is 0 Å². The molecule has 4 atom stereocenters. The monoisotopic (exact) mass is 294 g/mol. The lowest BCUT2D eigenvalue weighted by molar-refractivity contribution is -0.933. The molecule has 3 nitrogen and oxygen atoms in total. The van der Waals surface area contributed by atoms with E-state index < -0.39 is 5.97 Å². The zero-order valence-electron chi connectivity index (χ0n) is 11.9. The lowest BCUT2D eigenvalue weighted by Gasteiger charge is -2.47. The van der Waals surface area contributed by atoms with E-state index in [1.165, 1.54) is 0 Å². The highest BCUT2D eigenvalue weighted by Gasteiger charge is 2.57. The summed E-state index contributed by atoms with van der Waals surface area (Å²) in [6.07, 6.45) is 3.13. The van der Waals surface area contributed by atoms with E-state index in [-0.39, 0.29) is 17.9 Å². The number of carboxylic acids is 1. The van der Waals surface area contributed by atoms with Crippen LogP contribution in [0.3, 0.4) is 0 Å². The number of halogens is 1. The fourth-order valence-corrected chi connectivity index (χ4v) is 4.51. The molecule has 2 bridgehead atoms. The molecule has 1 aromatic rings. The Kier molecular flexibility index (Phi) is 3.30. The molecule has 2 saturated heterocycles. The highest BCUT2D eigenvalue weighted by molar-refractivity contribution is 6.30. The van der Waals surface area contributed by atoms with Crippen molar-refractivity contribution in [1.29, 1.82) is 0 Å². The van der Waals surface area contributed by atoms with Gasteiger partial charge in [0.25, 0.3) is 0 Å². The number of hydrogen-bond acceptors (Lipinski definition) is 1. The maximum atomic E-state index is 11.8. The summed E-state index contributed by atoms with van der Waals surface area (Å²) < 4.78 is 0.862. The predicted molar refractivity (Wildman–Crippen MR) is 78.9 cm³/mol. The predicted octanol–water partition coefficient (Wildman–Crippen LogP) is 3.14. The average Bonchev–Trinajstić information content (AvgIpc) is 2.59. The molecule has 0 radical (unpaired) electrons. The van der Waals surface area contributed by atoms with Crippen LogP contribution in [0.15, 0.2) is 24.3 Å². The standard InChI is InChI=1S/C16H20ClNO2/c1-18(2)12-7-8-14(18)15(16(19)20)13(9-12)10-3-5-11(17)6-4-10/h3-6,12-15H,7-9H2,1-2H3/p+1/t12?,13-,14?,15+/m1/s1. The number of aliphatic carboxylic acids is 1. The van der Waals surface area contributed by atoms with Crippen molar-refractivity contribution >= 4 is 17.6 Å². The molecular formula is C16H21ClNO2+. The van der Waals surface area contributed by atoms with Crippen LogP contribution in [0.5, 0.6) is 0 Å². The van der Waals surface area contributed by atoms with Gasteiger partial charge in [-0.1, -0.05) is 23.7 Å². The van der Waals surface area contributed by atoms with Crippen molar-refractivity contribution in [2.24, 2.45) is 5.92 Å². The maximum Gasteiger partial charge on any atom is 0.313 e. The van der Waals surface area contributed by atoms with Gasteiger partial charge < -0.3 is 9.59 Å². The largest absolute Gasteiger partial charge is 0.481 e. The molecular weight excluding hydrogens is 274 g/mol. The second-order valence-corrected chi connectivity index (χ2v) is 7.12. The van der Waals surface area contributed by atoms with Crippen molar-refractivity contribution in [2.75, 3.05) is 14.1 Å². The van der Waals surface area contributed by atoms with Crippen LogP contribution in [0.4, 0.5) is 0 Å². The Morgan fingerprint density at radius 3 is 2.50 bits per heavy atom. The third-order valence-electron chi connectivity index (χ3n) is 5.55. The summed E-state index contributed by atoms with van der Waals surface area (Å²) in [5.41, 5.74) is 1.12. The van der Waals surface area contributed by atoms with Crippen LogP contribution in [-0.2, 0) is 4.79 Å². The summed E-state index contributed by atoms with van der Waals surface area (Å²) >= 11 is 5.95. The molecule has 2 fully saturated rings. The first kappa shape index (κ1) is 13.9. The SMILES string of the molecule is C[N+]1(C)C2CCC1[C@@H](C(=O)O)[C@@H](c1ccc(Cl)cc1)C2. The molecule has 1 aromatic carbocycles. The van der Waals surface area contributed by atoms with Gasteiger partial charge in [-0.2, -0.15) is 0 Å². The van der Waals surface area contributed by atoms with E-state index in [0.717, 1.165) is 29.3 Å². The number of carboxylic acid groups (broad SMARTS) is 1. The zero-order chi connectivity index (χ0) is 14.5. The summed E-state index contributed by atoms with van der Waals surface area (Å²) in [4.78, 5) is 11.8. The Morgan fingerprint density at radius 2 is 1.90 bits per heavy atom. The normalized spacial score (nSPS) is 35.0. The molecule has 0 saturated carbocycles. The Hall–Kier alpha value is -1.06. The Bertz CT molecular complexity index is 526. The molecule has 2 aliphatic heterocycles. The van der Waals surface area contributed by atoms with Gasteiger partial charge in [0.05, 0.1) is 20.1 Å². The van der Waals surface area contributed by atoms with E-state index in [2.05, 4.69) is 14.1 Å². The number of hydrogen-bond donors (Lipinski definition) is 1. The zero-order valence-corrected chi connectivity index (χ0v) is 12.7. The minimum Gasteiger partial charge on any atom is -0.481 e. The van der Waals surface area contributed by atoms with Crippen molar-refractivity contribution in [3.8, 4) is 0 Å². The van der Waals surface area contributed by atoms with Crippen molar-refractivity contribution in [3.05, 3.63) is 34.9 Å². The van der Waals surface area contributed by atoms with Crippen molar-refractivity contribution < 1.29 is 14.4 Å². The molecule has 0 aromatic heterocycles. The number of piperidine rings is 1. The molecule has 2 unspecified atom stereocenters. The fraction of sp³-hybridized carbons (Fsp3) is 0.562. The molecule has 2 aliphatic rings. The molecule has 0 aliphatic carbocycles. The van der Waals surface area contributed by atoms with Crippen molar-refractivity contribution in [1.82, 2.24) is 0 Å². The highest BCUT2D eigenvalue weighted by Crippen LogP contribution is 2.49. The quantitative estimate of drug-likeness (QED) is 0.851. The van der Waals surface area contributed by atoms with Gasteiger partial charge in [0, 0.05) is 30.2 Å². The number of carbonyl (C=O) groups is 1. The minimum absolute atomic E-state index is 0.119. The molecule has 20 heavy (non-hydrogen) atoms. The van der Waals surface area contributed by atoms with Gasteiger partial charge in [0.15, 0.2) is 0 Å². The van der Waals surface area contributed by atoms with Crippen LogP contribution in [0.2, 0.25) is 5.02 Å². The molecule has 3 rings (SSSR count). The van der Waals surface area contributed by atoms with Crippen LogP contribution in [-0.4, -0.2) is 41.7 Å². The molecule has 108 valence electrons. The van der Waals surface area contributed by atoms with E-state index in [4.69, 9.17) is 11.6 Å². The maximum absolute atomic E-state index is 11.8. The molecule has 1 N–H and O–H groups in total. The lowest BCUT2D eigenvalue weighted by Crippen LogP contribution is -2.59. The number of nitrogens with zero attached hydrogens (tertiary/aromatic N) is 1. The topological polar surface area (TPSA) is 37.3 Å². The fourth-order valence-electron chi connectivity index (χ4n) is 4.38. The number of fused-ring (bicyclic) bond motifs is 2. The Morgan fingerprint density at radius 1 is 1.25 bits per heavy atom. The van der Waals surface area contributed by atoms with Gasteiger partial charge in [0.1, 0.15) is 12.0 Å². The minimum atomic E-state index is -0.651. The summed E-state index contributed by atoms with van der Waals surface area (Å²) in [7, 11) is 4.38. The van der Waals surface area contributed by atoms with E-state index in [1.807, 2.05) is 24.3 Å². The van der Waals surface area contributed by atoms with Crippen LogP contribution >= 0.6 is 11.6 Å². The average molecular weight is 295 g/mol. The Labute approximate surface area is 124 Å². The molecule has 0 amide bonds. The van der Waals surface area contributed by atoms with Crippen LogP contribution in [0.25, 0.3) is 0 Å². The first-order valence-electron chi connectivity index (χ1n) is 7.23. The third kappa shape index (κ3) is 2.04. The lowest BCUT2D eigenvalue weighted by atomic mass is 9.75. The van der Waals surface area contributed by atoms with E-state index in [0.29, 0.717) is 11.1 Å². The number of quaternary nitrogens is 1. The van der Waals surface area contributed by atoms with Gasteiger partial charge in [0.2, 0.25) is 0 Å². The van der Waals surface area contributed by atoms with Gasteiger partial charge in [-0.15, -0.1) is 0 Å². The first-order chi connectivity index (χ1) is 9.41. The smallest absolute Gasteiger partial charge is 0.313 e. The van der Waals surface area contributed by atoms with E-state index in [1.54, 1.807) is 0 Å². The summed E-state index contributed by atoms with van der Waals surface area (Å²) in [6.45, 7) is 0. The summed E-state index contributed by atoms with van der Waals surface area (Å²) in [5, 5.41) is 10.4.